The number of nitrogens with one attached hydrogen (secondary N) is 1. The number of aromatic nitrogens is 3. The largest absolute Gasteiger partial charge is 0.465 e. The van der Waals surface area contributed by atoms with Crippen LogP contribution in [-0.2, 0) is 11.3 Å². The summed E-state index contributed by atoms with van der Waals surface area (Å²) in [5, 5.41) is 8.46. The predicted octanol–water partition coefficient (Wildman–Crippen LogP) is 3.83. The third-order valence-electron chi connectivity index (χ3n) is 4.93. The Morgan fingerprint density at radius 3 is 2.83 bits per heavy atom. The summed E-state index contributed by atoms with van der Waals surface area (Å²) < 4.78 is 20.7. The Labute approximate surface area is 169 Å². The van der Waals surface area contributed by atoms with Gasteiger partial charge in [0, 0.05) is 17.6 Å². The van der Waals surface area contributed by atoms with Gasteiger partial charge >= 0.3 is 5.97 Å². The Kier molecular flexibility index (Phi) is 6.43. The normalized spacial score (nSPS) is 12.3. The number of ether oxygens (including phenoxy) is 1. The van der Waals surface area contributed by atoms with Gasteiger partial charge in [-0.25, -0.2) is 9.18 Å². The summed E-state index contributed by atoms with van der Waals surface area (Å²) >= 11 is 0. The molecule has 0 saturated heterocycles. The standard InChI is InChI=1S/C21H26FN5O2/c1-5-6-15(26(2)3)13-27-19-8-7-14(22)11-17(19)20(25-27)24-18-12-23-10-9-16(18)21(28)29-4/h7-12,15H,5-6,13H2,1-4H3,(H,24,25). The van der Waals surface area contributed by atoms with Crippen molar-refractivity contribution in [2.75, 3.05) is 26.5 Å². The van der Waals surface area contributed by atoms with Gasteiger partial charge in [-0.3, -0.25) is 9.67 Å². The van der Waals surface area contributed by atoms with Gasteiger partial charge in [0.1, 0.15) is 5.82 Å². The summed E-state index contributed by atoms with van der Waals surface area (Å²) in [5.41, 5.74) is 1.60. The van der Waals surface area contributed by atoms with Crippen molar-refractivity contribution in [3.63, 3.8) is 0 Å². The molecule has 0 bridgehead atoms. The number of methoxy groups -OCH3 is 1. The predicted molar refractivity (Wildman–Crippen MR) is 111 cm³/mol. The maximum atomic E-state index is 14.0. The number of carbonyl (C=O) groups excluding carboxylic acids is 1. The number of hydrogen-bond acceptors (Lipinski definition) is 6. The topological polar surface area (TPSA) is 72.3 Å². The van der Waals surface area contributed by atoms with Crippen molar-refractivity contribution in [2.24, 2.45) is 0 Å². The van der Waals surface area contributed by atoms with Gasteiger partial charge in [0.15, 0.2) is 5.82 Å². The van der Waals surface area contributed by atoms with Crippen molar-refractivity contribution in [1.29, 1.82) is 0 Å². The third kappa shape index (κ3) is 4.54. The molecule has 0 amide bonds. The van der Waals surface area contributed by atoms with Crippen LogP contribution < -0.4 is 5.32 Å². The molecule has 154 valence electrons. The Morgan fingerprint density at radius 1 is 1.34 bits per heavy atom. The van der Waals surface area contributed by atoms with Gasteiger partial charge in [-0.1, -0.05) is 13.3 Å². The molecule has 2 heterocycles. The van der Waals surface area contributed by atoms with Gasteiger partial charge in [-0.2, -0.15) is 5.10 Å². The van der Waals surface area contributed by atoms with Crippen molar-refractivity contribution in [3.05, 3.63) is 48.0 Å². The first-order chi connectivity index (χ1) is 13.9. The van der Waals surface area contributed by atoms with E-state index in [0.717, 1.165) is 18.4 Å². The zero-order chi connectivity index (χ0) is 21.0. The maximum Gasteiger partial charge on any atom is 0.340 e. The van der Waals surface area contributed by atoms with Gasteiger partial charge in [0.25, 0.3) is 0 Å². The van der Waals surface area contributed by atoms with E-state index in [9.17, 15) is 9.18 Å². The highest BCUT2D eigenvalue weighted by molar-refractivity contribution is 5.98. The number of pyridine rings is 1. The van der Waals surface area contributed by atoms with Crippen LogP contribution >= 0.6 is 0 Å². The number of hydrogen-bond donors (Lipinski definition) is 1. The number of rotatable bonds is 8. The third-order valence-corrected chi connectivity index (χ3v) is 4.93. The molecule has 3 aromatic rings. The maximum absolute atomic E-state index is 14.0. The number of carbonyl (C=O) groups is 1. The van der Waals surface area contributed by atoms with Crippen LogP contribution in [0.15, 0.2) is 36.7 Å². The summed E-state index contributed by atoms with van der Waals surface area (Å²) in [4.78, 5) is 18.3. The highest BCUT2D eigenvalue weighted by atomic mass is 19.1. The number of anilines is 2. The lowest BCUT2D eigenvalue weighted by Crippen LogP contribution is -2.32. The van der Waals surface area contributed by atoms with Crippen LogP contribution in [0.3, 0.4) is 0 Å². The SMILES string of the molecule is CCCC(Cn1nc(Nc2cnccc2C(=O)OC)c2cc(F)ccc21)N(C)C. The molecular weight excluding hydrogens is 373 g/mol. The van der Waals surface area contributed by atoms with Crippen LogP contribution in [0.5, 0.6) is 0 Å². The van der Waals surface area contributed by atoms with E-state index in [4.69, 9.17) is 4.74 Å². The average molecular weight is 399 g/mol. The zero-order valence-corrected chi connectivity index (χ0v) is 17.1. The molecule has 0 radical (unpaired) electrons. The fourth-order valence-corrected chi connectivity index (χ4v) is 3.34. The highest BCUT2D eigenvalue weighted by Gasteiger charge is 2.19. The zero-order valence-electron chi connectivity index (χ0n) is 17.1. The lowest BCUT2D eigenvalue weighted by atomic mass is 10.1. The molecule has 0 aliphatic carbocycles. The number of benzene rings is 1. The number of nitrogens with zero attached hydrogens (tertiary/aromatic N) is 4. The van der Waals surface area contributed by atoms with Crippen LogP contribution in [0.25, 0.3) is 10.9 Å². The molecule has 0 aliphatic rings. The van der Waals surface area contributed by atoms with E-state index >= 15 is 0 Å². The first-order valence-corrected chi connectivity index (χ1v) is 9.56. The molecule has 1 unspecified atom stereocenters. The summed E-state index contributed by atoms with van der Waals surface area (Å²) in [7, 11) is 5.41. The van der Waals surface area contributed by atoms with Crippen molar-refractivity contribution >= 4 is 28.4 Å². The van der Waals surface area contributed by atoms with E-state index in [2.05, 4.69) is 27.2 Å². The Hall–Kier alpha value is -3.00. The molecule has 2 aromatic heterocycles. The number of esters is 1. The molecule has 1 N–H and O–H groups in total. The first-order valence-electron chi connectivity index (χ1n) is 9.56. The second kappa shape index (κ2) is 9.00. The molecule has 0 saturated carbocycles. The van der Waals surface area contributed by atoms with Crippen LogP contribution in [0.1, 0.15) is 30.1 Å². The molecule has 7 nitrogen and oxygen atoms in total. The van der Waals surface area contributed by atoms with E-state index in [0.29, 0.717) is 35.0 Å². The minimum absolute atomic E-state index is 0.296. The summed E-state index contributed by atoms with van der Waals surface area (Å²) in [6, 6.07) is 6.46. The van der Waals surface area contributed by atoms with E-state index in [1.54, 1.807) is 12.1 Å². The minimum atomic E-state index is -0.486. The molecule has 3 rings (SSSR count). The van der Waals surface area contributed by atoms with Gasteiger partial charge in [0.2, 0.25) is 0 Å². The number of fused-ring (bicyclic) bond motifs is 1. The lowest BCUT2D eigenvalue weighted by molar-refractivity contribution is 0.0602. The first kappa shape index (κ1) is 20.7. The van der Waals surface area contributed by atoms with Crippen LogP contribution in [0, 0.1) is 5.82 Å². The second-order valence-corrected chi connectivity index (χ2v) is 7.14. The monoisotopic (exact) mass is 399 g/mol. The van der Waals surface area contributed by atoms with Crippen LogP contribution in [0.4, 0.5) is 15.9 Å². The average Bonchev–Trinajstić information content (AvgIpc) is 3.03. The Bertz CT molecular complexity index is 1000. The molecule has 0 aliphatic heterocycles. The van der Waals surface area contributed by atoms with Gasteiger partial charge < -0.3 is 15.0 Å². The molecule has 1 atom stereocenters. The molecule has 8 heteroatoms. The summed E-state index contributed by atoms with van der Waals surface area (Å²) in [6.07, 6.45) is 5.11. The van der Waals surface area contributed by atoms with Crippen molar-refractivity contribution in [3.8, 4) is 0 Å². The number of likely N-dealkylation sites (N-methyl/N-ethyl adjacent to an activating group) is 1. The molecule has 1 aromatic carbocycles. The Balaban J connectivity index is 2.03. The summed E-state index contributed by atoms with van der Waals surface area (Å²) in [6.45, 7) is 2.82. The fraction of sp³-hybridized carbons (Fsp3) is 0.381. The Morgan fingerprint density at radius 2 is 2.14 bits per heavy atom. The van der Waals surface area contributed by atoms with E-state index in [1.807, 2.05) is 18.8 Å². The van der Waals surface area contributed by atoms with Crippen molar-refractivity contribution in [1.82, 2.24) is 19.7 Å². The van der Waals surface area contributed by atoms with Gasteiger partial charge in [0.05, 0.1) is 36.6 Å². The van der Waals surface area contributed by atoms with Crippen molar-refractivity contribution in [2.45, 2.75) is 32.4 Å². The van der Waals surface area contributed by atoms with Gasteiger partial charge in [-0.15, -0.1) is 0 Å². The summed E-state index contributed by atoms with van der Waals surface area (Å²) in [5.74, 6) is -0.371. The van der Waals surface area contributed by atoms with Gasteiger partial charge in [-0.05, 0) is 44.8 Å². The molecular formula is C21H26FN5O2. The molecule has 0 fully saturated rings. The number of halogens is 1. The minimum Gasteiger partial charge on any atom is -0.465 e. The quantitative estimate of drug-likeness (QED) is 0.581. The van der Waals surface area contributed by atoms with Crippen molar-refractivity contribution < 1.29 is 13.9 Å². The smallest absolute Gasteiger partial charge is 0.340 e. The van der Waals surface area contributed by atoms with E-state index in [-0.39, 0.29) is 5.82 Å². The lowest BCUT2D eigenvalue weighted by Gasteiger charge is -2.24. The molecule has 0 spiro atoms. The van der Waals surface area contributed by atoms with Crippen LogP contribution in [0.2, 0.25) is 0 Å². The van der Waals surface area contributed by atoms with Crippen LogP contribution in [-0.4, -0.2) is 52.9 Å². The van der Waals surface area contributed by atoms with E-state index in [1.165, 1.54) is 31.6 Å². The molecule has 29 heavy (non-hydrogen) atoms. The fourth-order valence-electron chi connectivity index (χ4n) is 3.34. The van der Waals surface area contributed by atoms with E-state index < -0.39 is 5.97 Å². The second-order valence-electron chi connectivity index (χ2n) is 7.14. The highest BCUT2D eigenvalue weighted by Crippen LogP contribution is 2.29.